The van der Waals surface area contributed by atoms with Crippen molar-refractivity contribution in [2.24, 2.45) is 5.92 Å². The normalized spacial score (nSPS) is 14.1. The molecule has 0 fully saturated rings. The Morgan fingerprint density at radius 2 is 1.22 bits per heavy atom. The molecule has 0 saturated heterocycles. The van der Waals surface area contributed by atoms with E-state index in [9.17, 15) is 14.3 Å². The fourth-order valence-electron chi connectivity index (χ4n) is 4.81. The van der Waals surface area contributed by atoms with Crippen LogP contribution in [-0.4, -0.2) is 37.5 Å². The van der Waals surface area contributed by atoms with Gasteiger partial charge in [0.25, 0.3) is 0 Å². The van der Waals surface area contributed by atoms with E-state index in [2.05, 4.69) is 6.92 Å². The molecule has 0 aliphatic heterocycles. The minimum atomic E-state index is -4.05. The van der Waals surface area contributed by atoms with Crippen molar-refractivity contribution in [3.05, 3.63) is 0 Å². The van der Waals surface area contributed by atoms with Crippen LogP contribution in [0.4, 0.5) is 0 Å². The van der Waals surface area contributed by atoms with Crippen molar-refractivity contribution >= 4 is 13.6 Å². The van der Waals surface area contributed by atoms with Crippen LogP contribution in [0, 0.1) is 5.92 Å². The van der Waals surface area contributed by atoms with Crippen LogP contribution < -0.4 is 5.32 Å². The number of carbonyl (C=O) groups is 1. The molecule has 0 radical (unpaired) electrons. The zero-order valence-electron chi connectivity index (χ0n) is 24.9. The second-order valence-electron chi connectivity index (χ2n) is 11.0. The SMILES string of the molecule is CCCCCCCCCCCCCCCCCCCC(COP(=O)(O)OCCC[NH2+]C)CC(=O)CCC. The van der Waals surface area contributed by atoms with E-state index in [1.807, 2.05) is 19.3 Å². The first-order valence-electron chi connectivity index (χ1n) is 15.9. The summed E-state index contributed by atoms with van der Waals surface area (Å²) in [5.41, 5.74) is 0. The maximum Gasteiger partial charge on any atom is 0.472 e. The van der Waals surface area contributed by atoms with Crippen LogP contribution in [0.2, 0.25) is 0 Å². The number of quaternary nitrogens is 1. The number of ketones is 1. The Morgan fingerprint density at radius 3 is 1.68 bits per heavy atom. The number of phosphoric ester groups is 1. The lowest BCUT2D eigenvalue weighted by Crippen LogP contribution is -2.79. The van der Waals surface area contributed by atoms with E-state index in [0.717, 1.165) is 32.2 Å². The molecule has 0 aromatic carbocycles. The summed E-state index contributed by atoms with van der Waals surface area (Å²) in [6.45, 7) is 5.44. The quantitative estimate of drug-likeness (QED) is 0.0699. The summed E-state index contributed by atoms with van der Waals surface area (Å²) in [6, 6.07) is 0. The number of phosphoric acid groups is 1. The fraction of sp³-hybridized carbons (Fsp3) is 0.967. The predicted octanol–water partition coefficient (Wildman–Crippen LogP) is 8.12. The van der Waals surface area contributed by atoms with Crippen molar-refractivity contribution in [2.75, 3.05) is 26.8 Å². The number of hydrogen-bond acceptors (Lipinski definition) is 4. The number of hydrogen-bond donors (Lipinski definition) is 2. The highest BCUT2D eigenvalue weighted by Crippen LogP contribution is 2.44. The van der Waals surface area contributed by atoms with Crippen molar-refractivity contribution in [1.29, 1.82) is 0 Å². The van der Waals surface area contributed by atoms with E-state index in [-0.39, 0.29) is 24.9 Å². The highest BCUT2D eigenvalue weighted by molar-refractivity contribution is 7.47. The molecular formula is C30H63NO5P+. The number of rotatable bonds is 30. The van der Waals surface area contributed by atoms with Crippen LogP contribution in [0.25, 0.3) is 0 Å². The van der Waals surface area contributed by atoms with E-state index in [1.165, 1.54) is 96.3 Å². The van der Waals surface area contributed by atoms with Crippen molar-refractivity contribution in [1.82, 2.24) is 0 Å². The summed E-state index contributed by atoms with van der Waals surface area (Å²) >= 11 is 0. The molecule has 7 heteroatoms. The monoisotopic (exact) mass is 548 g/mol. The molecule has 0 bridgehead atoms. The second-order valence-corrected chi connectivity index (χ2v) is 12.4. The van der Waals surface area contributed by atoms with Crippen molar-refractivity contribution < 1.29 is 28.6 Å². The Morgan fingerprint density at radius 1 is 0.730 bits per heavy atom. The average Bonchev–Trinajstić information content (AvgIpc) is 2.87. The topological polar surface area (TPSA) is 89.4 Å². The molecule has 2 unspecified atom stereocenters. The molecule has 0 amide bonds. The molecule has 6 nitrogen and oxygen atoms in total. The van der Waals surface area contributed by atoms with Gasteiger partial charge in [-0.05, 0) is 18.8 Å². The number of nitrogens with two attached hydrogens (primary N) is 1. The van der Waals surface area contributed by atoms with Gasteiger partial charge in [-0.2, -0.15) is 0 Å². The van der Waals surface area contributed by atoms with Crippen LogP contribution in [0.1, 0.15) is 155 Å². The van der Waals surface area contributed by atoms with Gasteiger partial charge in [-0.1, -0.05) is 123 Å². The van der Waals surface area contributed by atoms with Gasteiger partial charge in [-0.25, -0.2) is 4.57 Å². The zero-order chi connectivity index (χ0) is 27.5. The van der Waals surface area contributed by atoms with Crippen molar-refractivity contribution in [2.45, 2.75) is 155 Å². The fourth-order valence-corrected chi connectivity index (χ4v) is 5.64. The lowest BCUT2D eigenvalue weighted by molar-refractivity contribution is -0.627. The lowest BCUT2D eigenvalue weighted by atomic mass is 9.94. The number of unbranched alkanes of at least 4 members (excludes halogenated alkanes) is 16. The van der Waals surface area contributed by atoms with Gasteiger partial charge in [-0.15, -0.1) is 0 Å². The molecule has 0 rings (SSSR count). The summed E-state index contributed by atoms with van der Waals surface area (Å²) in [6.07, 6.45) is 26.2. The summed E-state index contributed by atoms with van der Waals surface area (Å²) < 4.78 is 22.5. The number of carbonyl (C=O) groups excluding carboxylic acids is 1. The Kier molecular flexibility index (Phi) is 27.1. The second kappa shape index (κ2) is 27.3. The Balaban J connectivity index is 3.85. The zero-order valence-corrected chi connectivity index (χ0v) is 25.8. The molecule has 37 heavy (non-hydrogen) atoms. The highest BCUT2D eigenvalue weighted by Gasteiger charge is 2.24. The van der Waals surface area contributed by atoms with E-state index in [0.29, 0.717) is 19.3 Å². The predicted molar refractivity (Wildman–Crippen MR) is 156 cm³/mol. The third kappa shape index (κ3) is 27.1. The van der Waals surface area contributed by atoms with Gasteiger partial charge in [0.1, 0.15) is 5.78 Å². The maximum atomic E-state index is 12.2. The van der Waals surface area contributed by atoms with Gasteiger partial charge >= 0.3 is 7.82 Å². The third-order valence-corrected chi connectivity index (χ3v) is 8.11. The van der Waals surface area contributed by atoms with E-state index in [1.54, 1.807) is 0 Å². The van der Waals surface area contributed by atoms with Gasteiger partial charge in [0.05, 0.1) is 26.8 Å². The number of Topliss-reactive ketones (excluding diaryl/α,β-unsaturated/α-hetero) is 1. The van der Waals surface area contributed by atoms with Crippen LogP contribution in [-0.2, 0) is 18.4 Å². The highest BCUT2D eigenvalue weighted by atomic mass is 31.2. The van der Waals surface area contributed by atoms with E-state index < -0.39 is 7.82 Å². The Bertz CT molecular complexity index is 546. The standard InChI is InChI=1S/C30H62NO5P/c1-4-6-7-8-9-10-11-12-13-14-15-16-17-18-19-20-21-24-29(27-30(32)23-5-2)28-36-37(33,34)35-26-22-25-31-3/h29,31H,4-28H2,1-3H3,(H,33,34)/p+1. The van der Waals surface area contributed by atoms with Crippen molar-refractivity contribution in [3.8, 4) is 0 Å². The molecular weight excluding hydrogens is 485 g/mol. The molecule has 0 aliphatic carbocycles. The summed E-state index contributed by atoms with van der Waals surface area (Å²) in [7, 11) is -2.10. The van der Waals surface area contributed by atoms with Crippen LogP contribution in [0.15, 0.2) is 0 Å². The van der Waals surface area contributed by atoms with Gasteiger partial charge < -0.3 is 10.2 Å². The first kappa shape index (κ1) is 36.7. The molecule has 0 aliphatic rings. The summed E-state index contributed by atoms with van der Waals surface area (Å²) in [5.74, 6) is 0.207. The van der Waals surface area contributed by atoms with Gasteiger partial charge in [0.15, 0.2) is 0 Å². The average molecular weight is 549 g/mol. The smallest absolute Gasteiger partial charge is 0.349 e. The van der Waals surface area contributed by atoms with E-state index >= 15 is 0 Å². The largest absolute Gasteiger partial charge is 0.472 e. The summed E-state index contributed by atoms with van der Waals surface area (Å²) in [5, 5.41) is 2.00. The lowest BCUT2D eigenvalue weighted by Gasteiger charge is -2.18. The molecule has 2 atom stereocenters. The van der Waals surface area contributed by atoms with Crippen molar-refractivity contribution in [3.63, 3.8) is 0 Å². The molecule has 3 N–H and O–H groups in total. The molecule has 0 aromatic rings. The Labute approximate surface area is 230 Å². The Hall–Kier alpha value is -0.260. The molecule has 0 aromatic heterocycles. The van der Waals surface area contributed by atoms with E-state index in [4.69, 9.17) is 9.05 Å². The van der Waals surface area contributed by atoms with Gasteiger partial charge in [-0.3, -0.25) is 13.8 Å². The summed E-state index contributed by atoms with van der Waals surface area (Å²) in [4.78, 5) is 22.1. The molecule has 0 spiro atoms. The first-order chi connectivity index (χ1) is 17.9. The molecule has 0 heterocycles. The molecule has 222 valence electrons. The van der Waals surface area contributed by atoms with Crippen LogP contribution in [0.5, 0.6) is 0 Å². The maximum absolute atomic E-state index is 12.2. The minimum absolute atomic E-state index is 0.0107. The van der Waals surface area contributed by atoms with Crippen LogP contribution >= 0.6 is 7.82 Å². The minimum Gasteiger partial charge on any atom is -0.349 e. The third-order valence-electron chi connectivity index (χ3n) is 7.13. The van der Waals surface area contributed by atoms with Crippen LogP contribution in [0.3, 0.4) is 0 Å². The van der Waals surface area contributed by atoms with Gasteiger partial charge in [0, 0.05) is 19.3 Å². The van der Waals surface area contributed by atoms with Gasteiger partial charge in [0.2, 0.25) is 0 Å². The first-order valence-corrected chi connectivity index (χ1v) is 17.4. The molecule has 0 saturated carbocycles.